The summed E-state index contributed by atoms with van der Waals surface area (Å²) in [5, 5.41) is 13.2. The summed E-state index contributed by atoms with van der Waals surface area (Å²) in [4.78, 5) is 46.3. The zero-order valence-corrected chi connectivity index (χ0v) is 15.8. The normalized spacial score (nSPS) is 11.4. The molecule has 1 atom stereocenters. The second-order valence-electron chi connectivity index (χ2n) is 6.42. The minimum atomic E-state index is -0.865. The maximum Gasteiger partial charge on any atom is 0.309 e. The molecule has 9 heteroatoms. The van der Waals surface area contributed by atoms with Gasteiger partial charge >= 0.3 is 5.97 Å². The number of hydrogen-bond acceptors (Lipinski definition) is 6. The van der Waals surface area contributed by atoms with E-state index in [-0.39, 0.29) is 17.7 Å². The van der Waals surface area contributed by atoms with Gasteiger partial charge in [0, 0.05) is 24.2 Å². The first-order valence-electron chi connectivity index (χ1n) is 8.68. The largest absolute Gasteiger partial charge is 0.455 e. The zero-order valence-electron chi connectivity index (χ0n) is 15.8. The van der Waals surface area contributed by atoms with Gasteiger partial charge < -0.3 is 10.1 Å². The Morgan fingerprint density at radius 3 is 2.52 bits per heavy atom. The molecule has 29 heavy (non-hydrogen) atoms. The van der Waals surface area contributed by atoms with Gasteiger partial charge in [0.05, 0.1) is 16.4 Å². The van der Waals surface area contributed by atoms with E-state index in [1.165, 1.54) is 43.3 Å². The summed E-state index contributed by atoms with van der Waals surface area (Å²) in [5.74, 6) is -3.49. The Morgan fingerprint density at radius 2 is 1.90 bits per heavy atom. The number of ether oxygens (including phenoxy) is 1. The fraction of sp³-hybridized carbons (Fsp3) is 0.250. The molecule has 0 aliphatic rings. The maximum atomic E-state index is 13.6. The number of benzene rings is 2. The first kappa shape index (κ1) is 21.7. The zero-order chi connectivity index (χ0) is 21.6. The topological polar surface area (TPSA) is 116 Å². The Bertz CT molecular complexity index is 960. The van der Waals surface area contributed by atoms with Gasteiger partial charge in [0.15, 0.2) is 12.4 Å². The molecule has 0 radical (unpaired) electrons. The number of halogens is 1. The third-order valence-electron chi connectivity index (χ3n) is 4.11. The lowest BCUT2D eigenvalue weighted by molar-refractivity contribution is -0.384. The van der Waals surface area contributed by atoms with Crippen molar-refractivity contribution < 1.29 is 28.4 Å². The molecule has 8 nitrogen and oxygen atoms in total. The third-order valence-corrected chi connectivity index (χ3v) is 4.11. The van der Waals surface area contributed by atoms with E-state index in [9.17, 15) is 28.9 Å². The molecular formula is C20H19FN2O6. The first-order valence-corrected chi connectivity index (χ1v) is 8.68. The van der Waals surface area contributed by atoms with Crippen molar-refractivity contribution in [1.82, 2.24) is 0 Å². The summed E-state index contributed by atoms with van der Waals surface area (Å²) < 4.78 is 18.5. The number of carbonyl (C=O) groups excluding carboxylic acids is 3. The Hall–Kier alpha value is -3.62. The highest BCUT2D eigenvalue weighted by Crippen LogP contribution is 2.21. The number of non-ortho nitro benzene ring substituents is 1. The van der Waals surface area contributed by atoms with Crippen LogP contribution in [0.2, 0.25) is 0 Å². The number of nitrogens with one attached hydrogen (secondary N) is 1. The number of nitro groups is 1. The first-order chi connectivity index (χ1) is 13.7. The maximum absolute atomic E-state index is 13.6. The van der Waals surface area contributed by atoms with Crippen LogP contribution in [0.3, 0.4) is 0 Å². The average Bonchev–Trinajstić information content (AvgIpc) is 2.67. The van der Waals surface area contributed by atoms with Crippen LogP contribution in [0.15, 0.2) is 42.5 Å². The van der Waals surface area contributed by atoms with E-state index in [1.807, 2.05) is 0 Å². The molecule has 152 valence electrons. The van der Waals surface area contributed by atoms with E-state index in [1.54, 1.807) is 6.92 Å². The molecule has 2 rings (SSSR count). The van der Waals surface area contributed by atoms with Gasteiger partial charge in [0.2, 0.25) is 0 Å². The Morgan fingerprint density at radius 1 is 1.21 bits per heavy atom. The van der Waals surface area contributed by atoms with Crippen molar-refractivity contribution in [2.24, 2.45) is 5.92 Å². The van der Waals surface area contributed by atoms with Gasteiger partial charge in [0.25, 0.3) is 11.6 Å². The van der Waals surface area contributed by atoms with Crippen LogP contribution in [0.5, 0.6) is 0 Å². The highest BCUT2D eigenvalue weighted by atomic mass is 19.1. The van der Waals surface area contributed by atoms with Crippen molar-refractivity contribution in [2.45, 2.75) is 20.3 Å². The standard InChI is InChI=1S/C20H19FN2O6/c1-12-9-14(23(27)28)7-8-17(12)22-19(25)11-29-20(26)13(2)10-18(24)15-5-3-4-6-16(15)21/h3-9,13H,10-11H2,1-2H3,(H,22,25). The lowest BCUT2D eigenvalue weighted by Crippen LogP contribution is -2.25. The smallest absolute Gasteiger partial charge is 0.309 e. The number of nitro benzene ring substituents is 1. The lowest BCUT2D eigenvalue weighted by atomic mass is 9.99. The SMILES string of the molecule is Cc1cc([N+](=O)[O-])ccc1NC(=O)COC(=O)C(C)CC(=O)c1ccccc1F. The molecule has 0 aromatic heterocycles. The van der Waals surface area contributed by atoms with Crippen molar-refractivity contribution in [3.05, 3.63) is 69.5 Å². The van der Waals surface area contributed by atoms with E-state index in [0.29, 0.717) is 11.3 Å². The molecule has 1 unspecified atom stereocenters. The van der Waals surface area contributed by atoms with Crippen LogP contribution in [-0.4, -0.2) is 29.2 Å². The number of amides is 1. The molecule has 1 N–H and O–H groups in total. The van der Waals surface area contributed by atoms with Crippen molar-refractivity contribution in [2.75, 3.05) is 11.9 Å². The number of hydrogen-bond donors (Lipinski definition) is 1. The molecule has 0 aliphatic carbocycles. The van der Waals surface area contributed by atoms with Crippen LogP contribution in [0.25, 0.3) is 0 Å². The summed E-state index contributed by atoms with van der Waals surface area (Å²) in [7, 11) is 0. The molecule has 0 heterocycles. The molecule has 0 spiro atoms. The van der Waals surface area contributed by atoms with E-state index in [0.717, 1.165) is 6.07 Å². The van der Waals surface area contributed by atoms with Crippen LogP contribution in [-0.2, 0) is 14.3 Å². The van der Waals surface area contributed by atoms with Crippen LogP contribution in [0.1, 0.15) is 29.3 Å². The summed E-state index contributed by atoms with van der Waals surface area (Å²) in [6, 6.07) is 9.38. The molecule has 0 aliphatic heterocycles. The number of carbonyl (C=O) groups is 3. The molecule has 0 bridgehead atoms. The minimum absolute atomic E-state index is 0.111. The van der Waals surface area contributed by atoms with Gasteiger partial charge in [-0.1, -0.05) is 19.1 Å². The number of aryl methyl sites for hydroxylation is 1. The number of anilines is 1. The average molecular weight is 402 g/mol. The Kier molecular flexibility index (Phi) is 7.13. The van der Waals surface area contributed by atoms with Gasteiger partial charge in [0.1, 0.15) is 5.82 Å². The van der Waals surface area contributed by atoms with Crippen LogP contribution in [0, 0.1) is 28.8 Å². The third kappa shape index (κ3) is 5.93. The summed E-state index contributed by atoms with van der Waals surface area (Å²) >= 11 is 0. The molecule has 2 aromatic rings. The molecular weight excluding hydrogens is 383 g/mol. The van der Waals surface area contributed by atoms with Gasteiger partial charge in [-0.15, -0.1) is 0 Å². The number of ketones is 1. The molecule has 0 saturated heterocycles. The van der Waals surface area contributed by atoms with Gasteiger partial charge in [-0.3, -0.25) is 24.5 Å². The minimum Gasteiger partial charge on any atom is -0.455 e. The summed E-state index contributed by atoms with van der Waals surface area (Å²) in [6.07, 6.45) is -0.261. The molecule has 2 aromatic carbocycles. The van der Waals surface area contributed by atoms with Gasteiger partial charge in [-0.2, -0.15) is 0 Å². The highest BCUT2D eigenvalue weighted by Gasteiger charge is 2.22. The van der Waals surface area contributed by atoms with Crippen molar-refractivity contribution in [3.63, 3.8) is 0 Å². The quantitative estimate of drug-likeness (QED) is 0.313. The lowest BCUT2D eigenvalue weighted by Gasteiger charge is -2.12. The van der Waals surface area contributed by atoms with Crippen molar-refractivity contribution >= 4 is 29.0 Å². The second kappa shape index (κ2) is 9.54. The van der Waals surface area contributed by atoms with Gasteiger partial charge in [-0.05, 0) is 30.7 Å². The van der Waals surface area contributed by atoms with E-state index in [2.05, 4.69) is 5.32 Å². The predicted molar refractivity (Wildman–Crippen MR) is 102 cm³/mol. The number of rotatable bonds is 8. The van der Waals surface area contributed by atoms with Crippen molar-refractivity contribution in [1.29, 1.82) is 0 Å². The predicted octanol–water partition coefficient (Wildman–Crippen LogP) is 3.43. The van der Waals surface area contributed by atoms with Crippen LogP contribution in [0.4, 0.5) is 15.8 Å². The summed E-state index contributed by atoms with van der Waals surface area (Å²) in [5.41, 5.74) is 0.598. The van der Waals surface area contributed by atoms with E-state index >= 15 is 0 Å². The summed E-state index contributed by atoms with van der Waals surface area (Å²) in [6.45, 7) is 2.44. The Balaban J connectivity index is 1.86. The molecule has 0 fully saturated rings. The number of esters is 1. The Labute approximate surface area is 165 Å². The fourth-order valence-corrected chi connectivity index (χ4v) is 2.53. The monoisotopic (exact) mass is 402 g/mol. The second-order valence-corrected chi connectivity index (χ2v) is 6.42. The van der Waals surface area contributed by atoms with Crippen molar-refractivity contribution in [3.8, 4) is 0 Å². The number of Topliss-reactive ketones (excluding diaryl/α,β-unsaturated/α-hetero) is 1. The fourth-order valence-electron chi connectivity index (χ4n) is 2.53. The van der Waals surface area contributed by atoms with E-state index < -0.39 is 40.9 Å². The van der Waals surface area contributed by atoms with Gasteiger partial charge in [-0.25, -0.2) is 4.39 Å². The molecule has 1 amide bonds. The molecule has 0 saturated carbocycles. The van der Waals surface area contributed by atoms with Crippen LogP contribution >= 0.6 is 0 Å². The number of nitrogens with zero attached hydrogens (tertiary/aromatic N) is 1. The van der Waals surface area contributed by atoms with E-state index in [4.69, 9.17) is 4.74 Å². The highest BCUT2D eigenvalue weighted by molar-refractivity contribution is 5.98. The van der Waals surface area contributed by atoms with Crippen LogP contribution < -0.4 is 5.32 Å².